The molecule has 3 nitrogen and oxygen atoms in total. The van der Waals surface area contributed by atoms with Crippen molar-refractivity contribution in [2.75, 3.05) is 6.61 Å². The average Bonchev–Trinajstić information content (AvgIpc) is 2.22. The molecule has 1 rings (SSSR count). The van der Waals surface area contributed by atoms with Crippen LogP contribution in [0.4, 0.5) is 0 Å². The number of carbonyl (C=O) groups is 1. The number of hydrogen-bond donors (Lipinski definition) is 0. The van der Waals surface area contributed by atoms with E-state index in [1.54, 1.807) is 19.1 Å². The van der Waals surface area contributed by atoms with Gasteiger partial charge >= 0.3 is 5.97 Å². The number of nitrogens with zero attached hydrogens (tertiary/aromatic N) is 1. The standard InChI is InChI=1S/C12H12ClNO2/c1-3-16-12(15)6-9-5-10(7-14)11(13)4-8(9)2/h4-5H,3,6H2,1-2H3. The van der Waals surface area contributed by atoms with Gasteiger partial charge in [-0.15, -0.1) is 0 Å². The molecule has 84 valence electrons. The molecule has 1 aromatic carbocycles. The molecule has 0 fully saturated rings. The summed E-state index contributed by atoms with van der Waals surface area (Å²) < 4.78 is 4.85. The first kappa shape index (κ1) is 12.5. The Kier molecular flexibility index (Phi) is 4.33. The second-order valence-corrected chi connectivity index (χ2v) is 3.76. The van der Waals surface area contributed by atoms with E-state index >= 15 is 0 Å². The molecule has 0 aromatic heterocycles. The lowest BCUT2D eigenvalue weighted by molar-refractivity contribution is -0.142. The minimum atomic E-state index is -0.295. The maximum atomic E-state index is 11.3. The van der Waals surface area contributed by atoms with E-state index in [1.807, 2.05) is 13.0 Å². The van der Waals surface area contributed by atoms with E-state index in [0.717, 1.165) is 11.1 Å². The molecular weight excluding hydrogens is 226 g/mol. The highest BCUT2D eigenvalue weighted by atomic mass is 35.5. The van der Waals surface area contributed by atoms with Crippen LogP contribution >= 0.6 is 11.6 Å². The van der Waals surface area contributed by atoms with Gasteiger partial charge in [0.1, 0.15) is 6.07 Å². The minimum Gasteiger partial charge on any atom is -0.466 e. The lowest BCUT2D eigenvalue weighted by Crippen LogP contribution is -2.08. The summed E-state index contributed by atoms with van der Waals surface area (Å²) in [5.41, 5.74) is 2.04. The zero-order valence-corrected chi connectivity index (χ0v) is 9.97. The van der Waals surface area contributed by atoms with Crippen molar-refractivity contribution in [1.29, 1.82) is 5.26 Å². The Labute approximate surface area is 99.6 Å². The monoisotopic (exact) mass is 237 g/mol. The Bertz CT molecular complexity index is 449. The number of ether oxygens (including phenoxy) is 1. The number of rotatable bonds is 3. The summed E-state index contributed by atoms with van der Waals surface area (Å²) in [7, 11) is 0. The second-order valence-electron chi connectivity index (χ2n) is 3.35. The quantitative estimate of drug-likeness (QED) is 0.760. The summed E-state index contributed by atoms with van der Waals surface area (Å²) >= 11 is 5.86. The van der Waals surface area contributed by atoms with Gasteiger partial charge in [0.2, 0.25) is 0 Å². The van der Waals surface area contributed by atoms with E-state index in [2.05, 4.69) is 0 Å². The molecule has 0 atom stereocenters. The molecule has 0 aliphatic heterocycles. The number of esters is 1. The van der Waals surface area contributed by atoms with Crippen LogP contribution in [0.1, 0.15) is 23.6 Å². The van der Waals surface area contributed by atoms with Crippen LogP contribution in [-0.4, -0.2) is 12.6 Å². The third-order valence-corrected chi connectivity index (χ3v) is 2.50. The molecule has 16 heavy (non-hydrogen) atoms. The van der Waals surface area contributed by atoms with Crippen molar-refractivity contribution in [3.63, 3.8) is 0 Å². The van der Waals surface area contributed by atoms with Crippen molar-refractivity contribution < 1.29 is 9.53 Å². The van der Waals surface area contributed by atoms with E-state index < -0.39 is 0 Å². The summed E-state index contributed by atoms with van der Waals surface area (Å²) in [5.74, 6) is -0.295. The summed E-state index contributed by atoms with van der Waals surface area (Å²) in [6.07, 6.45) is 0.172. The van der Waals surface area contributed by atoms with Gasteiger partial charge in [-0.3, -0.25) is 4.79 Å². The van der Waals surface area contributed by atoms with Crippen molar-refractivity contribution in [1.82, 2.24) is 0 Å². The van der Waals surface area contributed by atoms with E-state index in [9.17, 15) is 4.79 Å². The smallest absolute Gasteiger partial charge is 0.310 e. The van der Waals surface area contributed by atoms with Crippen LogP contribution in [0.25, 0.3) is 0 Å². The van der Waals surface area contributed by atoms with Crippen molar-refractivity contribution >= 4 is 17.6 Å². The molecule has 0 heterocycles. The van der Waals surface area contributed by atoms with Crippen LogP contribution < -0.4 is 0 Å². The molecule has 1 aromatic rings. The van der Waals surface area contributed by atoms with Gasteiger partial charge in [0.15, 0.2) is 0 Å². The number of nitriles is 1. The number of hydrogen-bond acceptors (Lipinski definition) is 3. The Morgan fingerprint density at radius 2 is 2.25 bits per heavy atom. The van der Waals surface area contributed by atoms with Crippen LogP contribution in [0.5, 0.6) is 0 Å². The number of aryl methyl sites for hydroxylation is 1. The van der Waals surface area contributed by atoms with E-state index in [4.69, 9.17) is 21.6 Å². The van der Waals surface area contributed by atoms with E-state index in [-0.39, 0.29) is 12.4 Å². The van der Waals surface area contributed by atoms with Gasteiger partial charge in [0, 0.05) is 0 Å². The Hall–Kier alpha value is -1.53. The topological polar surface area (TPSA) is 50.1 Å². The highest BCUT2D eigenvalue weighted by Gasteiger charge is 2.10. The molecule has 0 spiro atoms. The minimum absolute atomic E-state index is 0.172. The maximum absolute atomic E-state index is 11.3. The molecule has 0 saturated heterocycles. The SMILES string of the molecule is CCOC(=O)Cc1cc(C#N)c(Cl)cc1C. The van der Waals surface area contributed by atoms with E-state index in [0.29, 0.717) is 17.2 Å². The molecule has 0 aliphatic rings. The van der Waals surface area contributed by atoms with E-state index in [1.165, 1.54) is 0 Å². The Morgan fingerprint density at radius 3 is 2.81 bits per heavy atom. The number of carbonyl (C=O) groups excluding carboxylic acids is 1. The zero-order chi connectivity index (χ0) is 12.1. The largest absolute Gasteiger partial charge is 0.466 e. The fourth-order valence-electron chi connectivity index (χ4n) is 1.36. The first-order valence-corrected chi connectivity index (χ1v) is 5.31. The first-order chi connectivity index (χ1) is 7.58. The lowest BCUT2D eigenvalue weighted by Gasteiger charge is -2.07. The summed E-state index contributed by atoms with van der Waals surface area (Å²) in [5, 5.41) is 9.23. The lowest BCUT2D eigenvalue weighted by atomic mass is 10.0. The second kappa shape index (κ2) is 5.53. The Balaban J connectivity index is 2.97. The zero-order valence-electron chi connectivity index (χ0n) is 9.21. The van der Waals surface area contributed by atoms with Gasteiger partial charge in [-0.25, -0.2) is 0 Å². The summed E-state index contributed by atoms with van der Waals surface area (Å²) in [6, 6.07) is 5.31. The van der Waals surface area contributed by atoms with Crippen LogP contribution in [0.15, 0.2) is 12.1 Å². The highest BCUT2D eigenvalue weighted by Crippen LogP contribution is 2.21. The van der Waals surface area contributed by atoms with Crippen molar-refractivity contribution in [2.24, 2.45) is 0 Å². The van der Waals surface area contributed by atoms with Crippen LogP contribution in [0.2, 0.25) is 5.02 Å². The third-order valence-electron chi connectivity index (χ3n) is 2.19. The van der Waals surface area contributed by atoms with Gasteiger partial charge < -0.3 is 4.74 Å². The molecule has 0 amide bonds. The normalized spacial score (nSPS) is 9.62. The van der Waals surface area contributed by atoms with Crippen molar-refractivity contribution in [3.05, 3.63) is 33.8 Å². The first-order valence-electron chi connectivity index (χ1n) is 4.93. The summed E-state index contributed by atoms with van der Waals surface area (Å²) in [6.45, 7) is 3.96. The summed E-state index contributed by atoms with van der Waals surface area (Å²) in [4.78, 5) is 11.3. The molecule has 4 heteroatoms. The van der Waals surface area contributed by atoms with Crippen LogP contribution in [-0.2, 0) is 16.0 Å². The third kappa shape index (κ3) is 2.98. The predicted molar refractivity (Wildman–Crippen MR) is 61.2 cm³/mol. The Morgan fingerprint density at radius 1 is 1.56 bits per heavy atom. The maximum Gasteiger partial charge on any atom is 0.310 e. The van der Waals surface area contributed by atoms with Gasteiger partial charge in [-0.05, 0) is 37.1 Å². The molecular formula is C12H12ClNO2. The predicted octanol–water partition coefficient (Wildman–Crippen LogP) is 2.63. The van der Waals surface area contributed by atoms with Gasteiger partial charge in [0.25, 0.3) is 0 Å². The van der Waals surface area contributed by atoms with Crippen LogP contribution in [0.3, 0.4) is 0 Å². The molecule has 0 unspecified atom stereocenters. The van der Waals surface area contributed by atoms with Crippen LogP contribution in [0, 0.1) is 18.3 Å². The molecule has 0 radical (unpaired) electrons. The van der Waals surface area contributed by atoms with Gasteiger partial charge in [-0.2, -0.15) is 5.26 Å². The van der Waals surface area contributed by atoms with Gasteiger partial charge in [0.05, 0.1) is 23.6 Å². The fraction of sp³-hybridized carbons (Fsp3) is 0.333. The fourth-order valence-corrected chi connectivity index (χ4v) is 1.62. The molecule has 0 bridgehead atoms. The number of benzene rings is 1. The number of halogens is 1. The average molecular weight is 238 g/mol. The highest BCUT2D eigenvalue weighted by molar-refractivity contribution is 6.31. The van der Waals surface area contributed by atoms with Crippen molar-refractivity contribution in [2.45, 2.75) is 20.3 Å². The molecule has 0 aliphatic carbocycles. The van der Waals surface area contributed by atoms with Gasteiger partial charge in [-0.1, -0.05) is 11.6 Å². The van der Waals surface area contributed by atoms with Crippen molar-refractivity contribution in [3.8, 4) is 6.07 Å². The molecule has 0 saturated carbocycles. The molecule has 0 N–H and O–H groups in total.